The van der Waals surface area contributed by atoms with E-state index in [1.165, 1.54) is 12.8 Å². The Morgan fingerprint density at radius 2 is 2.00 bits per heavy atom. The number of hydrogen-bond donors (Lipinski definition) is 1. The summed E-state index contributed by atoms with van der Waals surface area (Å²) in [5.74, 6) is 1.93. The summed E-state index contributed by atoms with van der Waals surface area (Å²) in [5.41, 5.74) is 2.66. The summed E-state index contributed by atoms with van der Waals surface area (Å²) < 4.78 is 7.74. The van der Waals surface area contributed by atoms with Crippen LogP contribution in [0, 0.1) is 12.8 Å². The number of nitrogens with zero attached hydrogens (tertiary/aromatic N) is 5. The number of aromatic amines is 1. The fourth-order valence-corrected chi connectivity index (χ4v) is 5.25. The number of aryl methyl sites for hydroxylation is 1. The Balaban J connectivity index is 1.55. The van der Waals surface area contributed by atoms with E-state index in [0.717, 1.165) is 46.5 Å². The van der Waals surface area contributed by atoms with E-state index in [2.05, 4.69) is 52.2 Å². The zero-order valence-electron chi connectivity index (χ0n) is 20.1. The molecular formula is C26H32N6O2. The van der Waals surface area contributed by atoms with Crippen LogP contribution in [0.3, 0.4) is 0 Å². The van der Waals surface area contributed by atoms with Gasteiger partial charge in [-0.25, -0.2) is 4.68 Å². The molecule has 5 rings (SSSR count). The van der Waals surface area contributed by atoms with Gasteiger partial charge in [-0.05, 0) is 71.8 Å². The lowest BCUT2D eigenvalue weighted by molar-refractivity contribution is 0.114. The third kappa shape index (κ3) is 4.55. The Hall–Kier alpha value is -3.26. The van der Waals surface area contributed by atoms with Crippen molar-refractivity contribution < 1.29 is 4.42 Å². The molecule has 1 atom stereocenters. The minimum atomic E-state index is -0.0756. The number of nitrogens with one attached hydrogen (secondary N) is 1. The molecule has 0 saturated heterocycles. The summed E-state index contributed by atoms with van der Waals surface area (Å²) in [6.45, 7) is 7.44. The Kier molecular flexibility index (Phi) is 6.32. The van der Waals surface area contributed by atoms with E-state index >= 15 is 0 Å². The van der Waals surface area contributed by atoms with Crippen molar-refractivity contribution in [1.82, 2.24) is 30.1 Å². The first-order chi connectivity index (χ1) is 16.5. The number of furan rings is 1. The number of pyridine rings is 1. The smallest absolute Gasteiger partial charge is 0.252 e. The molecule has 0 aliphatic heterocycles. The number of aromatic nitrogens is 5. The maximum atomic E-state index is 13.1. The minimum absolute atomic E-state index is 0.0707. The van der Waals surface area contributed by atoms with Crippen LogP contribution < -0.4 is 5.56 Å². The zero-order valence-corrected chi connectivity index (χ0v) is 20.1. The highest BCUT2D eigenvalue weighted by Crippen LogP contribution is 2.35. The van der Waals surface area contributed by atoms with E-state index in [1.54, 1.807) is 6.26 Å². The standard InChI is InChI=1S/C26H32N6O2/c1-17(2)24(25-28-29-30-32(25)21-7-4-5-8-21)31(16-22-9-6-12-34-22)15-20-14-19-13-18(3)10-11-23(19)27-26(20)33/h6,9-14,17,21,24H,4-5,7-8,15-16H2,1-3H3,(H,27,33)/t24-/m0/s1. The van der Waals surface area contributed by atoms with Crippen molar-refractivity contribution in [2.24, 2.45) is 5.92 Å². The molecule has 3 aromatic heterocycles. The largest absolute Gasteiger partial charge is 0.468 e. The third-order valence-electron chi connectivity index (χ3n) is 6.87. The van der Waals surface area contributed by atoms with Crippen LogP contribution >= 0.6 is 0 Å². The summed E-state index contributed by atoms with van der Waals surface area (Å²) in [7, 11) is 0. The lowest BCUT2D eigenvalue weighted by Crippen LogP contribution is -2.35. The molecule has 8 nitrogen and oxygen atoms in total. The van der Waals surface area contributed by atoms with Crippen LogP contribution in [-0.4, -0.2) is 30.1 Å². The van der Waals surface area contributed by atoms with Crippen LogP contribution in [0.25, 0.3) is 10.9 Å². The molecule has 0 unspecified atom stereocenters. The molecule has 178 valence electrons. The van der Waals surface area contributed by atoms with E-state index < -0.39 is 0 Å². The van der Waals surface area contributed by atoms with Crippen LogP contribution in [0.2, 0.25) is 0 Å². The van der Waals surface area contributed by atoms with Gasteiger partial charge in [-0.15, -0.1) is 5.10 Å². The fourth-order valence-electron chi connectivity index (χ4n) is 5.25. The molecular weight excluding hydrogens is 428 g/mol. The molecule has 0 spiro atoms. The number of hydrogen-bond acceptors (Lipinski definition) is 6. The molecule has 0 bridgehead atoms. The van der Waals surface area contributed by atoms with E-state index in [4.69, 9.17) is 4.42 Å². The highest BCUT2D eigenvalue weighted by Gasteiger charge is 2.33. The lowest BCUT2D eigenvalue weighted by Gasteiger charge is -2.33. The van der Waals surface area contributed by atoms with E-state index in [-0.39, 0.29) is 17.5 Å². The Bertz CT molecular complexity index is 1300. The van der Waals surface area contributed by atoms with Crippen molar-refractivity contribution >= 4 is 10.9 Å². The van der Waals surface area contributed by atoms with Crippen molar-refractivity contribution in [2.75, 3.05) is 0 Å². The van der Waals surface area contributed by atoms with Gasteiger partial charge in [-0.1, -0.05) is 38.3 Å². The molecule has 34 heavy (non-hydrogen) atoms. The molecule has 8 heteroatoms. The maximum Gasteiger partial charge on any atom is 0.252 e. The maximum absolute atomic E-state index is 13.1. The van der Waals surface area contributed by atoms with Crippen molar-refractivity contribution in [3.05, 3.63) is 75.7 Å². The monoisotopic (exact) mass is 460 g/mol. The number of benzene rings is 1. The predicted molar refractivity (Wildman–Crippen MR) is 130 cm³/mol. The first kappa shape index (κ1) is 22.5. The molecule has 0 amide bonds. The van der Waals surface area contributed by atoms with Gasteiger partial charge in [0, 0.05) is 17.6 Å². The van der Waals surface area contributed by atoms with Crippen molar-refractivity contribution in [1.29, 1.82) is 0 Å². The molecule has 1 aliphatic rings. The molecule has 1 saturated carbocycles. The quantitative estimate of drug-likeness (QED) is 0.401. The second kappa shape index (κ2) is 9.54. The number of H-pyrrole nitrogens is 1. The molecule has 1 N–H and O–H groups in total. The van der Waals surface area contributed by atoms with Gasteiger partial charge in [-0.3, -0.25) is 9.69 Å². The van der Waals surface area contributed by atoms with Gasteiger partial charge < -0.3 is 9.40 Å². The van der Waals surface area contributed by atoms with Gasteiger partial charge in [0.05, 0.1) is 24.9 Å². The average Bonchev–Trinajstić information content (AvgIpc) is 3.57. The van der Waals surface area contributed by atoms with Crippen molar-refractivity contribution in [3.63, 3.8) is 0 Å². The van der Waals surface area contributed by atoms with Gasteiger partial charge in [0.25, 0.3) is 5.56 Å². The van der Waals surface area contributed by atoms with Crippen LogP contribution in [0.5, 0.6) is 0 Å². The van der Waals surface area contributed by atoms with Gasteiger partial charge in [0.2, 0.25) is 0 Å². The van der Waals surface area contributed by atoms with Gasteiger partial charge in [-0.2, -0.15) is 0 Å². The molecule has 1 aliphatic carbocycles. The Labute approximate surface area is 199 Å². The predicted octanol–water partition coefficient (Wildman–Crippen LogP) is 4.93. The summed E-state index contributed by atoms with van der Waals surface area (Å²) in [6, 6.07) is 12.2. The van der Waals surface area contributed by atoms with E-state index in [9.17, 15) is 4.79 Å². The fraction of sp³-hybridized carbons (Fsp3) is 0.462. The highest BCUT2D eigenvalue weighted by atomic mass is 16.3. The SMILES string of the molecule is Cc1ccc2[nH]c(=O)c(CN(Cc3ccco3)[C@H](c3nnnn3C3CCCC3)C(C)C)cc2c1. The van der Waals surface area contributed by atoms with Crippen LogP contribution in [0.4, 0.5) is 0 Å². The minimum Gasteiger partial charge on any atom is -0.468 e. The number of fused-ring (bicyclic) bond motifs is 1. The van der Waals surface area contributed by atoms with Crippen LogP contribution in [-0.2, 0) is 13.1 Å². The molecule has 3 heterocycles. The third-order valence-corrected chi connectivity index (χ3v) is 6.87. The second-order valence-corrected chi connectivity index (χ2v) is 9.81. The van der Waals surface area contributed by atoms with Crippen molar-refractivity contribution in [2.45, 2.75) is 71.6 Å². The number of rotatable bonds is 8. The summed E-state index contributed by atoms with van der Waals surface area (Å²) in [6.07, 6.45) is 6.30. The van der Waals surface area contributed by atoms with E-state index in [0.29, 0.717) is 19.1 Å². The van der Waals surface area contributed by atoms with Gasteiger partial charge >= 0.3 is 0 Å². The average molecular weight is 461 g/mol. The normalized spacial score (nSPS) is 15.7. The Morgan fingerprint density at radius 1 is 1.18 bits per heavy atom. The molecule has 1 aromatic carbocycles. The first-order valence-electron chi connectivity index (χ1n) is 12.2. The van der Waals surface area contributed by atoms with Crippen LogP contribution in [0.15, 0.2) is 51.9 Å². The topological polar surface area (TPSA) is 92.8 Å². The Morgan fingerprint density at radius 3 is 2.74 bits per heavy atom. The molecule has 0 radical (unpaired) electrons. The highest BCUT2D eigenvalue weighted by molar-refractivity contribution is 5.79. The first-order valence-corrected chi connectivity index (χ1v) is 12.2. The van der Waals surface area contributed by atoms with Gasteiger partial charge in [0.15, 0.2) is 5.82 Å². The summed E-state index contributed by atoms with van der Waals surface area (Å²) in [5, 5.41) is 14.0. The number of tetrazole rings is 1. The lowest BCUT2D eigenvalue weighted by atomic mass is 9.99. The summed E-state index contributed by atoms with van der Waals surface area (Å²) >= 11 is 0. The van der Waals surface area contributed by atoms with Gasteiger partial charge in [0.1, 0.15) is 5.76 Å². The zero-order chi connectivity index (χ0) is 23.7. The second-order valence-electron chi connectivity index (χ2n) is 9.81. The molecule has 1 fully saturated rings. The van der Waals surface area contributed by atoms with Crippen LogP contribution in [0.1, 0.15) is 74.3 Å². The summed E-state index contributed by atoms with van der Waals surface area (Å²) in [4.78, 5) is 18.4. The van der Waals surface area contributed by atoms with E-state index in [1.807, 2.05) is 35.0 Å². The van der Waals surface area contributed by atoms with Crippen molar-refractivity contribution in [3.8, 4) is 0 Å². The molecule has 4 aromatic rings.